The maximum atomic E-state index is 12.3. The SMILES string of the molecule is CCC(C)(CN)C(=O)Nc1ccc(C)c(OC)c1C. The summed E-state index contributed by atoms with van der Waals surface area (Å²) in [5.74, 6) is 0.759. The molecule has 1 rings (SSSR count). The first-order valence-corrected chi connectivity index (χ1v) is 6.55. The molecular weight excluding hydrogens is 240 g/mol. The third-order valence-electron chi connectivity index (χ3n) is 3.83. The minimum Gasteiger partial charge on any atom is -0.496 e. The van der Waals surface area contributed by atoms with Crippen LogP contribution in [0.15, 0.2) is 12.1 Å². The number of carbonyl (C=O) groups excluding carboxylic acids is 1. The highest BCUT2D eigenvalue weighted by Gasteiger charge is 2.30. The van der Waals surface area contributed by atoms with Gasteiger partial charge in [-0.15, -0.1) is 0 Å². The van der Waals surface area contributed by atoms with Gasteiger partial charge < -0.3 is 15.8 Å². The lowest BCUT2D eigenvalue weighted by Crippen LogP contribution is -2.39. The van der Waals surface area contributed by atoms with Crippen molar-refractivity contribution in [3.8, 4) is 5.75 Å². The summed E-state index contributed by atoms with van der Waals surface area (Å²) >= 11 is 0. The molecule has 1 amide bonds. The maximum Gasteiger partial charge on any atom is 0.231 e. The van der Waals surface area contributed by atoms with Crippen molar-refractivity contribution in [2.45, 2.75) is 34.1 Å². The Morgan fingerprint density at radius 1 is 1.42 bits per heavy atom. The number of hydrogen-bond acceptors (Lipinski definition) is 3. The van der Waals surface area contributed by atoms with Crippen LogP contribution in [0.5, 0.6) is 5.75 Å². The van der Waals surface area contributed by atoms with Gasteiger partial charge in [-0.2, -0.15) is 0 Å². The topological polar surface area (TPSA) is 64.4 Å². The molecule has 106 valence electrons. The average Bonchev–Trinajstić information content (AvgIpc) is 2.41. The summed E-state index contributed by atoms with van der Waals surface area (Å²) in [5.41, 5.74) is 7.93. The average molecular weight is 264 g/mol. The van der Waals surface area contributed by atoms with Gasteiger partial charge in [-0.25, -0.2) is 0 Å². The monoisotopic (exact) mass is 264 g/mol. The van der Waals surface area contributed by atoms with Crippen molar-refractivity contribution in [1.29, 1.82) is 0 Å². The zero-order valence-corrected chi connectivity index (χ0v) is 12.5. The lowest BCUT2D eigenvalue weighted by Gasteiger charge is -2.25. The van der Waals surface area contributed by atoms with Crippen LogP contribution in [0.1, 0.15) is 31.4 Å². The highest BCUT2D eigenvalue weighted by Crippen LogP contribution is 2.30. The first-order valence-electron chi connectivity index (χ1n) is 6.55. The van der Waals surface area contributed by atoms with E-state index in [0.29, 0.717) is 13.0 Å². The van der Waals surface area contributed by atoms with Crippen LogP contribution in [0, 0.1) is 19.3 Å². The van der Waals surface area contributed by atoms with Gasteiger partial charge >= 0.3 is 0 Å². The molecule has 4 heteroatoms. The Labute approximate surface area is 115 Å². The molecule has 3 N–H and O–H groups in total. The number of amides is 1. The fourth-order valence-electron chi connectivity index (χ4n) is 1.95. The molecule has 0 radical (unpaired) electrons. The first kappa shape index (κ1) is 15.5. The van der Waals surface area contributed by atoms with E-state index in [1.807, 2.05) is 39.8 Å². The molecule has 1 aromatic rings. The Bertz CT molecular complexity index is 465. The molecule has 0 aliphatic carbocycles. The normalized spacial score (nSPS) is 13.8. The van der Waals surface area contributed by atoms with Crippen LogP contribution in [-0.4, -0.2) is 19.6 Å². The van der Waals surface area contributed by atoms with Gasteiger partial charge in [0.1, 0.15) is 5.75 Å². The smallest absolute Gasteiger partial charge is 0.231 e. The lowest BCUT2D eigenvalue weighted by atomic mass is 9.86. The zero-order valence-electron chi connectivity index (χ0n) is 12.5. The van der Waals surface area contributed by atoms with Crippen molar-refractivity contribution in [1.82, 2.24) is 0 Å². The predicted octanol–water partition coefficient (Wildman–Crippen LogP) is 2.63. The van der Waals surface area contributed by atoms with Crippen LogP contribution in [0.3, 0.4) is 0 Å². The Morgan fingerprint density at radius 2 is 2.05 bits per heavy atom. The first-order chi connectivity index (χ1) is 8.89. The number of benzene rings is 1. The van der Waals surface area contributed by atoms with Gasteiger partial charge in [0.25, 0.3) is 0 Å². The van der Waals surface area contributed by atoms with Crippen molar-refractivity contribution < 1.29 is 9.53 Å². The number of anilines is 1. The number of methoxy groups -OCH3 is 1. The zero-order chi connectivity index (χ0) is 14.6. The van der Waals surface area contributed by atoms with E-state index >= 15 is 0 Å². The molecule has 0 spiro atoms. The summed E-state index contributed by atoms with van der Waals surface area (Å²) < 4.78 is 5.36. The van der Waals surface area contributed by atoms with E-state index in [2.05, 4.69) is 5.32 Å². The summed E-state index contributed by atoms with van der Waals surface area (Å²) in [7, 11) is 1.64. The third-order valence-corrected chi connectivity index (χ3v) is 3.83. The largest absolute Gasteiger partial charge is 0.496 e. The standard InChI is InChI=1S/C15H24N2O2/c1-6-15(4,9-16)14(18)17-12-8-7-10(2)13(19-5)11(12)3/h7-8H,6,9,16H2,1-5H3,(H,17,18). The number of carbonyl (C=O) groups is 1. The van der Waals surface area contributed by atoms with Crippen LogP contribution in [-0.2, 0) is 4.79 Å². The highest BCUT2D eigenvalue weighted by molar-refractivity contribution is 5.96. The van der Waals surface area contributed by atoms with E-state index in [4.69, 9.17) is 10.5 Å². The minimum atomic E-state index is -0.537. The summed E-state index contributed by atoms with van der Waals surface area (Å²) in [6.45, 7) is 8.09. The van der Waals surface area contributed by atoms with Crippen LogP contribution in [0.4, 0.5) is 5.69 Å². The van der Waals surface area contributed by atoms with E-state index in [1.165, 1.54) is 0 Å². The van der Waals surface area contributed by atoms with E-state index in [1.54, 1.807) is 7.11 Å². The summed E-state index contributed by atoms with van der Waals surface area (Å²) in [4.78, 5) is 12.3. The molecule has 0 bridgehead atoms. The van der Waals surface area contributed by atoms with E-state index in [-0.39, 0.29) is 5.91 Å². The highest BCUT2D eigenvalue weighted by atomic mass is 16.5. The number of ether oxygens (including phenoxy) is 1. The van der Waals surface area contributed by atoms with Gasteiger partial charge in [0.2, 0.25) is 5.91 Å². The molecule has 1 unspecified atom stereocenters. The second-order valence-electron chi connectivity index (χ2n) is 5.16. The van der Waals surface area contributed by atoms with Crippen LogP contribution < -0.4 is 15.8 Å². The summed E-state index contributed by atoms with van der Waals surface area (Å²) in [6.07, 6.45) is 0.706. The van der Waals surface area contributed by atoms with E-state index in [0.717, 1.165) is 22.6 Å². The number of nitrogens with one attached hydrogen (secondary N) is 1. The molecule has 19 heavy (non-hydrogen) atoms. The van der Waals surface area contributed by atoms with Crippen molar-refractivity contribution in [2.24, 2.45) is 11.1 Å². The summed E-state index contributed by atoms with van der Waals surface area (Å²) in [6, 6.07) is 3.84. The number of hydrogen-bond donors (Lipinski definition) is 2. The van der Waals surface area contributed by atoms with Gasteiger partial charge in [-0.1, -0.05) is 13.0 Å². The molecule has 0 saturated heterocycles. The molecule has 0 fully saturated rings. The molecule has 0 heterocycles. The minimum absolute atomic E-state index is 0.0495. The molecule has 1 aromatic carbocycles. The number of rotatable bonds is 5. The van der Waals surface area contributed by atoms with Crippen molar-refractivity contribution >= 4 is 11.6 Å². The van der Waals surface area contributed by atoms with Crippen LogP contribution >= 0.6 is 0 Å². The molecular formula is C15H24N2O2. The molecule has 0 saturated carbocycles. The molecule has 0 aliphatic rings. The quantitative estimate of drug-likeness (QED) is 0.859. The Morgan fingerprint density at radius 3 is 2.53 bits per heavy atom. The fraction of sp³-hybridized carbons (Fsp3) is 0.533. The van der Waals surface area contributed by atoms with Crippen LogP contribution in [0.2, 0.25) is 0 Å². The van der Waals surface area contributed by atoms with Gasteiger partial charge in [0.15, 0.2) is 0 Å². The summed E-state index contributed by atoms with van der Waals surface area (Å²) in [5, 5.41) is 2.96. The number of aryl methyl sites for hydroxylation is 1. The van der Waals surface area contributed by atoms with E-state index < -0.39 is 5.41 Å². The van der Waals surface area contributed by atoms with Crippen LogP contribution in [0.25, 0.3) is 0 Å². The second kappa shape index (κ2) is 6.06. The number of nitrogens with two attached hydrogens (primary N) is 1. The Kier molecular flexibility index (Phi) is 4.95. The van der Waals surface area contributed by atoms with Crippen molar-refractivity contribution in [3.05, 3.63) is 23.3 Å². The Balaban J connectivity index is 3.04. The van der Waals surface area contributed by atoms with Gasteiger partial charge in [0.05, 0.1) is 12.5 Å². The fourth-order valence-corrected chi connectivity index (χ4v) is 1.95. The van der Waals surface area contributed by atoms with E-state index in [9.17, 15) is 4.79 Å². The molecule has 1 atom stereocenters. The van der Waals surface area contributed by atoms with Gasteiger partial charge in [-0.05, 0) is 38.8 Å². The van der Waals surface area contributed by atoms with Gasteiger partial charge in [0, 0.05) is 17.8 Å². The van der Waals surface area contributed by atoms with Crippen molar-refractivity contribution in [2.75, 3.05) is 19.0 Å². The lowest BCUT2D eigenvalue weighted by molar-refractivity contribution is -0.124. The van der Waals surface area contributed by atoms with Gasteiger partial charge in [-0.3, -0.25) is 4.79 Å². The molecule has 0 aromatic heterocycles. The molecule has 0 aliphatic heterocycles. The maximum absolute atomic E-state index is 12.3. The van der Waals surface area contributed by atoms with Crippen molar-refractivity contribution in [3.63, 3.8) is 0 Å². The molecule has 4 nitrogen and oxygen atoms in total. The second-order valence-corrected chi connectivity index (χ2v) is 5.16. The predicted molar refractivity (Wildman–Crippen MR) is 78.6 cm³/mol. The Hall–Kier alpha value is -1.55. The third kappa shape index (κ3) is 3.07.